The number of ether oxygens (including phenoxy) is 1. The van der Waals surface area contributed by atoms with Gasteiger partial charge in [-0.3, -0.25) is 4.79 Å². The maximum absolute atomic E-state index is 11.8. The van der Waals surface area contributed by atoms with Crippen LogP contribution in [0.15, 0.2) is 0 Å². The largest absolute Gasteiger partial charge is 0.410 e. The molecule has 0 bridgehead atoms. The first-order valence-corrected chi connectivity index (χ1v) is 2.94. The van der Waals surface area contributed by atoms with E-state index in [1.807, 2.05) is 0 Å². The third kappa shape index (κ3) is 2.07. The Morgan fingerprint density at radius 2 is 2.18 bits per heavy atom. The third-order valence-corrected chi connectivity index (χ3v) is 1.25. The van der Waals surface area contributed by atoms with Crippen LogP contribution in [0.5, 0.6) is 0 Å². The van der Waals surface area contributed by atoms with E-state index < -0.39 is 24.7 Å². The topological polar surface area (TPSA) is 38.3 Å². The summed E-state index contributed by atoms with van der Waals surface area (Å²) < 4.78 is 39.8. The first-order chi connectivity index (χ1) is 5.00. The highest BCUT2D eigenvalue weighted by molar-refractivity contribution is 5.78. The van der Waals surface area contributed by atoms with Gasteiger partial charge < -0.3 is 10.1 Å². The Bertz CT molecular complexity index is 168. The van der Waals surface area contributed by atoms with Crippen molar-refractivity contribution in [1.82, 2.24) is 5.32 Å². The molecule has 1 saturated heterocycles. The van der Waals surface area contributed by atoms with Crippen LogP contribution < -0.4 is 5.32 Å². The molecule has 6 heteroatoms. The first-order valence-electron chi connectivity index (χ1n) is 2.94. The Hall–Kier alpha value is -0.780. The quantitative estimate of drug-likeness (QED) is 0.557. The van der Waals surface area contributed by atoms with Crippen LogP contribution in [0.4, 0.5) is 13.2 Å². The van der Waals surface area contributed by atoms with Crippen molar-refractivity contribution in [2.24, 2.45) is 0 Å². The van der Waals surface area contributed by atoms with E-state index in [9.17, 15) is 18.0 Å². The monoisotopic (exact) mass is 169 g/mol. The molecule has 1 aliphatic rings. The van der Waals surface area contributed by atoms with Crippen LogP contribution >= 0.6 is 0 Å². The lowest BCUT2D eigenvalue weighted by Crippen LogP contribution is -2.53. The molecule has 1 heterocycles. The summed E-state index contributed by atoms with van der Waals surface area (Å²) in [5.74, 6) is -0.724. The summed E-state index contributed by atoms with van der Waals surface area (Å²) in [6.45, 7) is -0.776. The Labute approximate surface area is 60.5 Å². The van der Waals surface area contributed by atoms with Crippen molar-refractivity contribution in [3.05, 3.63) is 0 Å². The van der Waals surface area contributed by atoms with Crippen LogP contribution in [0, 0.1) is 0 Å². The fourth-order valence-corrected chi connectivity index (χ4v) is 0.723. The second-order valence-electron chi connectivity index (χ2n) is 2.18. The average Bonchev–Trinajstić information content (AvgIpc) is 1.86. The van der Waals surface area contributed by atoms with Gasteiger partial charge in [0, 0.05) is 0 Å². The highest BCUT2D eigenvalue weighted by Gasteiger charge is 2.42. The van der Waals surface area contributed by atoms with Crippen molar-refractivity contribution in [2.45, 2.75) is 12.2 Å². The van der Waals surface area contributed by atoms with Crippen LogP contribution in [-0.4, -0.2) is 31.3 Å². The molecule has 0 aromatic carbocycles. The molecule has 1 N–H and O–H groups in total. The molecule has 11 heavy (non-hydrogen) atoms. The smallest absolute Gasteiger partial charge is 0.369 e. The Balaban J connectivity index is 2.53. The van der Waals surface area contributed by atoms with Crippen LogP contribution in [0.1, 0.15) is 0 Å². The summed E-state index contributed by atoms with van der Waals surface area (Å²) in [5, 5.41) is 1.77. The highest BCUT2D eigenvalue weighted by Crippen LogP contribution is 2.21. The number of nitrogens with one attached hydrogen (secondary N) is 1. The van der Waals surface area contributed by atoms with Gasteiger partial charge in [0.2, 0.25) is 5.91 Å². The zero-order valence-corrected chi connectivity index (χ0v) is 5.44. The van der Waals surface area contributed by atoms with E-state index in [2.05, 4.69) is 4.74 Å². The number of hydrogen-bond acceptors (Lipinski definition) is 2. The minimum absolute atomic E-state index is 0.285. The number of alkyl halides is 3. The van der Waals surface area contributed by atoms with Gasteiger partial charge in [0.05, 0.1) is 6.61 Å². The number of morpholine rings is 1. The molecular weight excluding hydrogens is 163 g/mol. The summed E-state index contributed by atoms with van der Waals surface area (Å²) in [4.78, 5) is 10.4. The fourth-order valence-electron chi connectivity index (χ4n) is 0.723. The van der Waals surface area contributed by atoms with Gasteiger partial charge in [0.25, 0.3) is 0 Å². The molecule has 1 atom stereocenters. The highest BCUT2D eigenvalue weighted by atomic mass is 19.4. The second kappa shape index (κ2) is 2.69. The molecule has 0 aromatic heterocycles. The van der Waals surface area contributed by atoms with Gasteiger partial charge in [0.1, 0.15) is 12.6 Å². The molecule has 1 rings (SSSR count). The van der Waals surface area contributed by atoms with Crippen LogP contribution in [0.3, 0.4) is 0 Å². The van der Waals surface area contributed by atoms with Crippen LogP contribution in [0.2, 0.25) is 0 Å². The Morgan fingerprint density at radius 1 is 1.55 bits per heavy atom. The van der Waals surface area contributed by atoms with Gasteiger partial charge in [-0.05, 0) is 0 Å². The summed E-state index contributed by atoms with van der Waals surface area (Å²) in [6.07, 6.45) is -4.41. The summed E-state index contributed by atoms with van der Waals surface area (Å²) in [7, 11) is 0. The molecule has 0 aliphatic carbocycles. The maximum Gasteiger partial charge on any atom is 0.410 e. The second-order valence-corrected chi connectivity index (χ2v) is 2.18. The molecular formula is C5H6F3NO2. The van der Waals surface area contributed by atoms with Crippen molar-refractivity contribution in [2.75, 3.05) is 13.2 Å². The van der Waals surface area contributed by atoms with Crippen molar-refractivity contribution in [3.8, 4) is 0 Å². The molecule has 1 amide bonds. The van der Waals surface area contributed by atoms with Gasteiger partial charge in [-0.15, -0.1) is 0 Å². The predicted molar refractivity (Wildman–Crippen MR) is 28.8 cm³/mol. The van der Waals surface area contributed by atoms with E-state index in [-0.39, 0.29) is 6.61 Å². The Morgan fingerprint density at radius 3 is 2.55 bits per heavy atom. The summed E-state index contributed by atoms with van der Waals surface area (Å²) >= 11 is 0. The minimum atomic E-state index is -4.41. The average molecular weight is 169 g/mol. The van der Waals surface area contributed by atoms with E-state index >= 15 is 0 Å². The lowest BCUT2D eigenvalue weighted by molar-refractivity contribution is -0.182. The van der Waals surface area contributed by atoms with E-state index in [1.54, 1.807) is 5.32 Å². The molecule has 0 radical (unpaired) electrons. The van der Waals surface area contributed by atoms with Crippen LogP contribution in [-0.2, 0) is 9.53 Å². The Kier molecular flexibility index (Phi) is 2.03. The fraction of sp³-hybridized carbons (Fsp3) is 0.800. The van der Waals surface area contributed by atoms with Gasteiger partial charge >= 0.3 is 6.18 Å². The van der Waals surface area contributed by atoms with Gasteiger partial charge in [-0.25, -0.2) is 0 Å². The molecule has 0 spiro atoms. The van der Waals surface area contributed by atoms with Crippen molar-refractivity contribution in [1.29, 1.82) is 0 Å². The third-order valence-electron chi connectivity index (χ3n) is 1.25. The number of hydrogen-bond donors (Lipinski definition) is 1. The molecule has 1 aliphatic heterocycles. The zero-order chi connectivity index (χ0) is 8.48. The number of amides is 1. The van der Waals surface area contributed by atoms with Gasteiger partial charge in [-0.2, -0.15) is 13.2 Å². The van der Waals surface area contributed by atoms with E-state index in [0.717, 1.165) is 0 Å². The summed E-state index contributed by atoms with van der Waals surface area (Å²) in [5.41, 5.74) is 0. The lowest BCUT2D eigenvalue weighted by Gasteiger charge is -2.25. The molecule has 1 fully saturated rings. The molecule has 0 aromatic rings. The van der Waals surface area contributed by atoms with Crippen molar-refractivity contribution >= 4 is 5.91 Å². The molecule has 0 saturated carbocycles. The lowest BCUT2D eigenvalue weighted by atomic mass is 10.3. The maximum atomic E-state index is 11.8. The zero-order valence-electron chi connectivity index (χ0n) is 5.44. The number of carbonyl (C=O) groups excluding carboxylic acids is 1. The number of carbonyl (C=O) groups is 1. The van der Waals surface area contributed by atoms with E-state index in [4.69, 9.17) is 0 Å². The number of halogens is 3. The normalized spacial score (nSPS) is 26.5. The van der Waals surface area contributed by atoms with Crippen LogP contribution in [0.25, 0.3) is 0 Å². The predicted octanol–water partition coefficient (Wildman–Crippen LogP) is 0.0637. The standard InChI is InChI=1S/C5H6F3NO2/c6-5(7,8)3-1-11-2-4(10)9-3/h3H,1-2H2,(H,9,10)/t3-/m0/s1. The van der Waals surface area contributed by atoms with Crippen molar-refractivity contribution < 1.29 is 22.7 Å². The van der Waals surface area contributed by atoms with E-state index in [1.165, 1.54) is 0 Å². The molecule has 3 nitrogen and oxygen atoms in total. The summed E-state index contributed by atoms with van der Waals surface area (Å²) in [6, 6.07) is -1.84. The SMILES string of the molecule is O=C1COC[C@@H](C(F)(F)F)N1. The molecule has 64 valence electrons. The first kappa shape index (κ1) is 8.32. The van der Waals surface area contributed by atoms with Crippen molar-refractivity contribution in [3.63, 3.8) is 0 Å². The number of rotatable bonds is 0. The van der Waals surface area contributed by atoms with Gasteiger partial charge in [0.15, 0.2) is 0 Å². The van der Waals surface area contributed by atoms with E-state index in [0.29, 0.717) is 0 Å². The molecule has 0 unspecified atom stereocenters. The van der Waals surface area contributed by atoms with Gasteiger partial charge in [-0.1, -0.05) is 0 Å². The minimum Gasteiger partial charge on any atom is -0.369 e.